The van der Waals surface area contributed by atoms with Crippen LogP contribution in [0, 0.1) is 5.92 Å². The van der Waals surface area contributed by atoms with E-state index in [0.29, 0.717) is 59.4 Å². The van der Waals surface area contributed by atoms with E-state index in [-0.39, 0.29) is 31.6 Å². The molecule has 0 radical (unpaired) electrons. The first-order valence-corrected chi connectivity index (χ1v) is 14.9. The molecule has 2 aliphatic rings. The minimum absolute atomic E-state index is 0.0141. The highest BCUT2D eigenvalue weighted by Crippen LogP contribution is 2.35. The third kappa shape index (κ3) is 8.01. The fourth-order valence-corrected chi connectivity index (χ4v) is 5.48. The zero-order valence-electron chi connectivity index (χ0n) is 25.8. The molecule has 2 aliphatic heterocycles. The van der Waals surface area contributed by atoms with Crippen molar-refractivity contribution in [3.63, 3.8) is 0 Å². The maximum atomic E-state index is 13.5. The van der Waals surface area contributed by atoms with Gasteiger partial charge in [0.1, 0.15) is 11.9 Å². The smallest absolute Gasteiger partial charge is 0.416 e. The maximum Gasteiger partial charge on any atom is 0.416 e. The van der Waals surface area contributed by atoms with Gasteiger partial charge in [0.05, 0.1) is 24.6 Å². The number of aliphatic hydroxyl groups excluding tert-OH is 1. The lowest BCUT2D eigenvalue weighted by Gasteiger charge is -2.34. The van der Waals surface area contributed by atoms with Gasteiger partial charge in [0.2, 0.25) is 12.7 Å². The van der Waals surface area contributed by atoms with Crippen LogP contribution in [0.4, 0.5) is 29.3 Å². The number of fused-ring (bicyclic) bond motifs is 2. The average molecular weight is 643 g/mol. The Morgan fingerprint density at radius 3 is 2.35 bits per heavy atom. The second kappa shape index (κ2) is 13.9. The molecule has 0 bridgehead atoms. The Bertz CT molecular complexity index is 1550. The maximum absolute atomic E-state index is 13.5. The average Bonchev–Trinajstić information content (AvgIpc) is 3.48. The van der Waals surface area contributed by atoms with Crippen LogP contribution in [0.2, 0.25) is 0 Å². The minimum Gasteiger partial charge on any atom is -0.488 e. The van der Waals surface area contributed by atoms with Gasteiger partial charge in [0.15, 0.2) is 11.5 Å². The number of carbonyl (C=O) groups excluding carboxylic acids is 2. The van der Waals surface area contributed by atoms with Crippen molar-refractivity contribution in [3.05, 3.63) is 77.4 Å². The van der Waals surface area contributed by atoms with E-state index in [9.17, 15) is 27.9 Å². The molecular weight excluding hydrogens is 605 g/mol. The van der Waals surface area contributed by atoms with E-state index in [0.717, 1.165) is 12.1 Å². The number of aliphatic hydroxyl groups is 1. The number of amides is 3. The Morgan fingerprint density at radius 1 is 1.02 bits per heavy atom. The number of benzene rings is 3. The van der Waals surface area contributed by atoms with Gasteiger partial charge in [-0.2, -0.15) is 13.2 Å². The van der Waals surface area contributed by atoms with Crippen LogP contribution in [0.15, 0.2) is 60.7 Å². The summed E-state index contributed by atoms with van der Waals surface area (Å²) in [6.45, 7) is 4.76. The molecule has 3 aromatic carbocycles. The molecule has 13 heteroatoms. The molecule has 3 aromatic rings. The number of ether oxygens (including phenoxy) is 3. The van der Waals surface area contributed by atoms with Gasteiger partial charge in [-0.3, -0.25) is 9.69 Å². The van der Waals surface area contributed by atoms with E-state index in [1.54, 1.807) is 48.2 Å². The molecule has 0 aromatic heterocycles. The van der Waals surface area contributed by atoms with Crippen molar-refractivity contribution in [1.29, 1.82) is 0 Å². The molecule has 10 nitrogen and oxygen atoms in total. The second-order valence-corrected chi connectivity index (χ2v) is 11.7. The van der Waals surface area contributed by atoms with Gasteiger partial charge in [0, 0.05) is 48.6 Å². The zero-order chi connectivity index (χ0) is 33.0. The number of hydrogen-bond acceptors (Lipinski definition) is 7. The quantitative estimate of drug-likeness (QED) is 0.303. The summed E-state index contributed by atoms with van der Waals surface area (Å²) < 4.78 is 56.2. The van der Waals surface area contributed by atoms with Gasteiger partial charge < -0.3 is 34.9 Å². The third-order valence-electron chi connectivity index (χ3n) is 8.03. The number of urea groups is 1. The van der Waals surface area contributed by atoms with Gasteiger partial charge in [-0.25, -0.2) is 4.79 Å². The lowest BCUT2D eigenvalue weighted by atomic mass is 10.0. The van der Waals surface area contributed by atoms with Crippen LogP contribution in [-0.4, -0.2) is 72.5 Å². The lowest BCUT2D eigenvalue weighted by molar-refractivity contribution is -0.137. The zero-order valence-corrected chi connectivity index (χ0v) is 25.8. The van der Waals surface area contributed by atoms with Crippen molar-refractivity contribution in [2.24, 2.45) is 5.92 Å². The fraction of sp³-hybridized carbons (Fsp3) is 0.394. The molecular formula is C33H37F3N4O6. The van der Waals surface area contributed by atoms with Crippen molar-refractivity contribution in [1.82, 2.24) is 9.80 Å². The van der Waals surface area contributed by atoms with E-state index in [2.05, 4.69) is 10.6 Å². The molecule has 3 N–H and O–H groups in total. The lowest BCUT2D eigenvalue weighted by Crippen LogP contribution is -2.47. The first-order chi connectivity index (χ1) is 21.9. The number of carbonyl (C=O) groups is 2. The summed E-state index contributed by atoms with van der Waals surface area (Å²) in [6, 6.07) is 14.3. The van der Waals surface area contributed by atoms with Crippen LogP contribution in [0.3, 0.4) is 0 Å². The van der Waals surface area contributed by atoms with Crippen LogP contribution < -0.4 is 24.8 Å². The van der Waals surface area contributed by atoms with Crippen molar-refractivity contribution in [2.45, 2.75) is 45.1 Å². The number of hydrogen-bond donors (Lipinski definition) is 3. The van der Waals surface area contributed by atoms with Crippen LogP contribution >= 0.6 is 0 Å². The van der Waals surface area contributed by atoms with Gasteiger partial charge in [0.25, 0.3) is 0 Å². The molecule has 0 fully saturated rings. The molecule has 5 rings (SSSR count). The summed E-state index contributed by atoms with van der Waals surface area (Å²) in [5, 5.41) is 15.5. The Kier molecular flexibility index (Phi) is 9.92. The third-order valence-corrected chi connectivity index (χ3v) is 8.03. The molecule has 0 unspecified atom stereocenters. The predicted molar refractivity (Wildman–Crippen MR) is 165 cm³/mol. The number of nitrogens with zero attached hydrogens (tertiary/aromatic N) is 2. The highest BCUT2D eigenvalue weighted by Gasteiger charge is 2.32. The fourth-order valence-electron chi connectivity index (χ4n) is 5.48. The first-order valence-electron chi connectivity index (χ1n) is 14.9. The number of nitrogens with one attached hydrogen (secondary N) is 2. The van der Waals surface area contributed by atoms with Crippen LogP contribution in [0.5, 0.6) is 17.2 Å². The molecule has 3 atom stereocenters. The predicted octanol–water partition coefficient (Wildman–Crippen LogP) is 5.36. The highest BCUT2D eigenvalue weighted by atomic mass is 19.4. The Morgan fingerprint density at radius 2 is 1.67 bits per heavy atom. The summed E-state index contributed by atoms with van der Waals surface area (Å²) >= 11 is 0. The number of anilines is 2. The number of halogens is 3. The van der Waals surface area contributed by atoms with E-state index in [1.807, 2.05) is 18.9 Å². The molecule has 0 saturated carbocycles. The second-order valence-electron chi connectivity index (χ2n) is 11.7. The Balaban J connectivity index is 1.33. The molecule has 0 aliphatic carbocycles. The Labute approximate surface area is 265 Å². The molecule has 46 heavy (non-hydrogen) atoms. The van der Waals surface area contributed by atoms with Gasteiger partial charge in [-0.05, 0) is 62.0 Å². The molecule has 246 valence electrons. The SMILES string of the molecule is C[C@@H]1CN([C@@H](C)CO)C(=O)Cc2cc(NC(=O)Nc3ccc4c(c3)OCO4)ccc2O[C@@H]1CN(C)Cc1ccc(C(F)(F)F)cc1. The van der Waals surface area contributed by atoms with Crippen molar-refractivity contribution in [3.8, 4) is 17.2 Å². The Hall–Kier alpha value is -4.49. The van der Waals surface area contributed by atoms with Crippen LogP contribution in [0.25, 0.3) is 0 Å². The largest absolute Gasteiger partial charge is 0.488 e. The van der Waals surface area contributed by atoms with Gasteiger partial charge in [-0.1, -0.05) is 19.1 Å². The first kappa shape index (κ1) is 32.9. The van der Waals surface area contributed by atoms with Gasteiger partial charge >= 0.3 is 12.2 Å². The van der Waals surface area contributed by atoms with Crippen LogP contribution in [0.1, 0.15) is 30.5 Å². The molecule has 2 heterocycles. The van der Waals surface area contributed by atoms with E-state index >= 15 is 0 Å². The minimum atomic E-state index is -4.40. The molecule has 0 saturated heterocycles. The number of alkyl halides is 3. The topological polar surface area (TPSA) is 113 Å². The number of likely N-dealkylation sites (N-methyl/N-ethyl adjacent to an activating group) is 1. The van der Waals surface area contributed by atoms with Gasteiger partial charge in [-0.15, -0.1) is 0 Å². The normalized spacial score (nSPS) is 18.6. The number of rotatable bonds is 8. The molecule has 0 spiro atoms. The standard InChI is InChI=1S/C33H37F3N4O6/c1-20-15-40(21(2)18-41)31(42)13-23-12-25(37-32(43)38-26-9-11-28-29(14-26)45-19-44-28)8-10-27(23)46-30(20)17-39(3)16-22-4-6-24(7-5-22)33(34,35)36/h4-12,14,20-21,30,41H,13,15-19H2,1-3H3,(H2,37,38,43)/t20-,21+,30-/m1/s1. The monoisotopic (exact) mass is 642 g/mol. The summed E-state index contributed by atoms with van der Waals surface area (Å²) in [5.41, 5.74) is 1.52. The highest BCUT2D eigenvalue weighted by molar-refractivity contribution is 6.00. The summed E-state index contributed by atoms with van der Waals surface area (Å²) in [7, 11) is 1.85. The summed E-state index contributed by atoms with van der Waals surface area (Å²) in [4.78, 5) is 29.9. The van der Waals surface area contributed by atoms with E-state index < -0.39 is 29.9 Å². The van der Waals surface area contributed by atoms with E-state index in [1.165, 1.54) is 12.1 Å². The molecule has 3 amide bonds. The summed E-state index contributed by atoms with van der Waals surface area (Å²) in [6.07, 6.45) is -4.83. The summed E-state index contributed by atoms with van der Waals surface area (Å²) in [5.74, 6) is 1.24. The van der Waals surface area contributed by atoms with E-state index in [4.69, 9.17) is 14.2 Å². The van der Waals surface area contributed by atoms with Crippen LogP contribution in [-0.2, 0) is 23.9 Å². The van der Waals surface area contributed by atoms with Crippen molar-refractivity contribution >= 4 is 23.3 Å². The van der Waals surface area contributed by atoms with Crippen molar-refractivity contribution < 1.29 is 42.1 Å². The van der Waals surface area contributed by atoms with Crippen molar-refractivity contribution in [2.75, 3.05) is 44.2 Å².